The molecule has 0 aromatic rings. The Bertz CT molecular complexity index is 469. The minimum atomic E-state index is -3.98. The Morgan fingerprint density at radius 3 is 1.93 bits per heavy atom. The molecular weight excluding hydrogens is 397 g/mol. The van der Waals surface area contributed by atoms with Crippen molar-refractivity contribution >= 4 is 19.9 Å². The Hall–Kier alpha value is 0.967. The van der Waals surface area contributed by atoms with E-state index in [2.05, 4.69) is 6.92 Å². The summed E-state index contributed by atoms with van der Waals surface area (Å²) in [7, 11) is -4.85. The fourth-order valence-corrected chi connectivity index (χ4v) is 3.78. The summed E-state index contributed by atoms with van der Waals surface area (Å²) < 4.78 is 48.8. The van der Waals surface area contributed by atoms with E-state index in [1.165, 1.54) is 0 Å². The van der Waals surface area contributed by atoms with Crippen LogP contribution in [-0.4, -0.2) is 64.3 Å². The molecule has 0 atom stereocenters. The van der Waals surface area contributed by atoms with Crippen molar-refractivity contribution in [1.82, 2.24) is 4.90 Å². The molecule has 0 amide bonds. The molecule has 0 aromatic carbocycles. The molecule has 7 nitrogen and oxygen atoms in total. The molecular formula is C17H40NNaO6SSi. The van der Waals surface area contributed by atoms with E-state index in [4.69, 9.17) is 18.5 Å². The average molecular weight is 438 g/mol. The van der Waals surface area contributed by atoms with Gasteiger partial charge in [-0.1, -0.05) is 13.3 Å². The summed E-state index contributed by atoms with van der Waals surface area (Å²) in [6.07, 6.45) is 2.71. The van der Waals surface area contributed by atoms with Crippen molar-refractivity contribution in [2.75, 3.05) is 19.0 Å². The molecule has 0 saturated heterocycles. The molecule has 0 aliphatic heterocycles. The maximum Gasteiger partial charge on any atom is 1.00 e. The molecule has 0 bridgehead atoms. The normalized spacial score (nSPS) is 13.7. The van der Waals surface area contributed by atoms with Crippen LogP contribution in [0.4, 0.5) is 0 Å². The first-order valence-corrected chi connectivity index (χ1v) is 12.6. The number of unbranched alkanes of at least 4 members (excludes halogenated alkanes) is 1. The fourth-order valence-electron chi connectivity index (χ4n) is 2.14. The van der Waals surface area contributed by atoms with Crippen LogP contribution in [0, 0.1) is 0 Å². The van der Waals surface area contributed by atoms with Gasteiger partial charge in [0.15, 0.2) is 9.76 Å². The zero-order valence-corrected chi connectivity index (χ0v) is 22.8. The SMILES string of the molecule is CCCCN(CCC[SiH2]OC(OC(C)(C)C)OC(C)(C)C)CS(=O)(=O)O.[H-].[Na+]. The second kappa shape index (κ2) is 14.1. The molecule has 0 fully saturated rings. The standard InChI is InChI=1S/C17H39NO6SSi.Na.H/c1-8-9-11-18(14-25(19,20)21)12-10-13-26-24-15(22-16(2,3)4)23-17(5,6)7;;/h15H,8-14,26H2,1-7H3,(H,19,20,21);;/q;+1;-1. The quantitative estimate of drug-likeness (QED) is 0.186. The summed E-state index contributed by atoms with van der Waals surface area (Å²) in [5.41, 5.74) is -0.729. The third-order valence-corrected chi connectivity index (χ3v) is 5.18. The van der Waals surface area contributed by atoms with Crippen LogP contribution in [0.1, 0.15) is 69.2 Å². The van der Waals surface area contributed by atoms with Gasteiger partial charge in [0.2, 0.25) is 0 Å². The molecule has 1 N–H and O–H groups in total. The van der Waals surface area contributed by atoms with Gasteiger partial charge in [0.25, 0.3) is 16.6 Å². The number of rotatable bonds is 13. The molecule has 0 aliphatic carbocycles. The molecule has 0 aliphatic rings. The van der Waals surface area contributed by atoms with E-state index < -0.39 is 26.4 Å². The Labute approximate surface area is 192 Å². The summed E-state index contributed by atoms with van der Waals surface area (Å²) >= 11 is 0. The van der Waals surface area contributed by atoms with Gasteiger partial charge >= 0.3 is 29.6 Å². The van der Waals surface area contributed by atoms with E-state index in [9.17, 15) is 8.42 Å². The molecule has 0 heterocycles. The topological polar surface area (TPSA) is 85.3 Å². The molecule has 0 radical (unpaired) electrons. The van der Waals surface area contributed by atoms with Gasteiger partial charge in [-0.05, 0) is 73.5 Å². The number of nitrogens with zero attached hydrogens (tertiary/aromatic N) is 1. The zero-order chi connectivity index (χ0) is 20.4. The Morgan fingerprint density at radius 2 is 1.52 bits per heavy atom. The number of hydrogen-bond acceptors (Lipinski definition) is 6. The maximum absolute atomic E-state index is 11.1. The smallest absolute Gasteiger partial charge is 1.00 e. The molecule has 0 spiro atoms. The summed E-state index contributed by atoms with van der Waals surface area (Å²) in [5.74, 6) is -0.307. The summed E-state index contributed by atoms with van der Waals surface area (Å²) in [5, 5.41) is 0. The summed E-state index contributed by atoms with van der Waals surface area (Å²) in [6, 6.07) is 0.881. The second-order valence-electron chi connectivity index (χ2n) is 8.51. The van der Waals surface area contributed by atoms with Crippen LogP contribution in [0.3, 0.4) is 0 Å². The zero-order valence-electron chi connectivity index (χ0n) is 19.6. The van der Waals surface area contributed by atoms with Crippen LogP contribution in [0.5, 0.6) is 0 Å². The van der Waals surface area contributed by atoms with Crippen LogP contribution < -0.4 is 29.6 Å². The Balaban J connectivity index is -0.00000312. The third-order valence-electron chi connectivity index (χ3n) is 3.20. The van der Waals surface area contributed by atoms with Crippen molar-refractivity contribution in [3.8, 4) is 0 Å². The van der Waals surface area contributed by atoms with Gasteiger partial charge in [-0.2, -0.15) is 8.42 Å². The minimum Gasteiger partial charge on any atom is -1.00 e. The third kappa shape index (κ3) is 21.5. The first-order chi connectivity index (χ1) is 11.7. The van der Waals surface area contributed by atoms with E-state index in [1.54, 1.807) is 4.90 Å². The van der Waals surface area contributed by atoms with Crippen molar-refractivity contribution in [1.29, 1.82) is 0 Å². The fraction of sp³-hybridized carbons (Fsp3) is 1.00. The predicted octanol–water partition coefficient (Wildman–Crippen LogP) is -0.127. The van der Waals surface area contributed by atoms with Gasteiger partial charge in [0.05, 0.1) is 11.2 Å². The van der Waals surface area contributed by atoms with Crippen molar-refractivity contribution in [3.05, 3.63) is 0 Å². The largest absolute Gasteiger partial charge is 1.00 e. The molecule has 27 heavy (non-hydrogen) atoms. The molecule has 0 unspecified atom stereocenters. The van der Waals surface area contributed by atoms with E-state index in [0.29, 0.717) is 13.1 Å². The van der Waals surface area contributed by atoms with Crippen LogP contribution in [0.15, 0.2) is 0 Å². The van der Waals surface area contributed by atoms with E-state index in [1.807, 2.05) is 41.5 Å². The monoisotopic (exact) mass is 437 g/mol. The van der Waals surface area contributed by atoms with E-state index >= 15 is 0 Å². The van der Waals surface area contributed by atoms with Crippen LogP contribution in [0.25, 0.3) is 0 Å². The first-order valence-electron chi connectivity index (χ1n) is 9.36. The van der Waals surface area contributed by atoms with Crippen LogP contribution >= 0.6 is 0 Å². The second-order valence-corrected chi connectivity index (χ2v) is 11.4. The summed E-state index contributed by atoms with van der Waals surface area (Å²) in [4.78, 5) is 1.78. The number of ether oxygens (including phenoxy) is 2. The van der Waals surface area contributed by atoms with E-state index in [0.717, 1.165) is 25.3 Å². The minimum absolute atomic E-state index is 0. The van der Waals surface area contributed by atoms with Crippen molar-refractivity contribution in [2.24, 2.45) is 0 Å². The maximum atomic E-state index is 11.1. The van der Waals surface area contributed by atoms with Gasteiger partial charge in [-0.3, -0.25) is 9.45 Å². The Kier molecular flexibility index (Phi) is 15.7. The first kappa shape index (κ1) is 30.2. The molecule has 0 saturated carbocycles. The van der Waals surface area contributed by atoms with Gasteiger partial charge in [0.1, 0.15) is 5.88 Å². The van der Waals surface area contributed by atoms with Gasteiger partial charge in [-0.25, -0.2) is 0 Å². The van der Waals surface area contributed by atoms with Crippen molar-refractivity contribution in [3.63, 3.8) is 0 Å². The van der Waals surface area contributed by atoms with Crippen molar-refractivity contribution in [2.45, 2.75) is 91.5 Å². The molecule has 10 heteroatoms. The van der Waals surface area contributed by atoms with Crippen molar-refractivity contribution < 1.29 is 57.9 Å². The Morgan fingerprint density at radius 1 is 1.04 bits per heavy atom. The molecule has 160 valence electrons. The van der Waals surface area contributed by atoms with Crippen LogP contribution in [-0.2, 0) is 24.0 Å². The molecule has 0 rings (SSSR count). The van der Waals surface area contributed by atoms with E-state index in [-0.39, 0.29) is 48.1 Å². The van der Waals surface area contributed by atoms with Crippen LogP contribution in [0.2, 0.25) is 6.04 Å². The predicted molar refractivity (Wildman–Crippen MR) is 109 cm³/mol. The summed E-state index contributed by atoms with van der Waals surface area (Å²) in [6.45, 7) is 14.4. The van der Waals surface area contributed by atoms with Gasteiger partial charge in [0, 0.05) is 0 Å². The van der Waals surface area contributed by atoms with Gasteiger partial charge in [-0.15, -0.1) is 0 Å². The average Bonchev–Trinajstić information content (AvgIpc) is 2.38. The van der Waals surface area contributed by atoms with Gasteiger partial charge < -0.3 is 15.3 Å². The number of hydrogen-bond donors (Lipinski definition) is 1. The molecule has 0 aromatic heterocycles.